The summed E-state index contributed by atoms with van der Waals surface area (Å²) in [6.07, 6.45) is 1.04. The van der Waals surface area contributed by atoms with Crippen LogP contribution in [-0.4, -0.2) is 0 Å². The van der Waals surface area contributed by atoms with Crippen LogP contribution >= 0.6 is 0 Å². The first-order valence-electron chi connectivity index (χ1n) is 5.36. The largest absolute Gasteiger partial charge is 0.0622 e. The van der Waals surface area contributed by atoms with E-state index >= 15 is 0 Å². The van der Waals surface area contributed by atoms with Gasteiger partial charge in [-0.1, -0.05) is 54.1 Å². The Morgan fingerprint density at radius 1 is 0.867 bits per heavy atom. The second-order valence-corrected chi connectivity index (χ2v) is 4.09. The van der Waals surface area contributed by atoms with Gasteiger partial charge in [-0.05, 0) is 37.0 Å². The molecule has 0 N–H and O–H groups in total. The Morgan fingerprint density at radius 3 is 2.33 bits per heavy atom. The third kappa shape index (κ3) is 2.47. The Balaban J connectivity index is 2.28. The number of aryl methyl sites for hydroxylation is 2. The fourth-order valence-electron chi connectivity index (χ4n) is 1.81. The Labute approximate surface area is 91.6 Å². The van der Waals surface area contributed by atoms with Gasteiger partial charge in [0.15, 0.2) is 0 Å². The van der Waals surface area contributed by atoms with Gasteiger partial charge >= 0.3 is 0 Å². The third-order valence-electron chi connectivity index (χ3n) is 2.74. The SMILES string of the molecule is Cc1ccc(C)c(Cc2ccccc2)c1. The van der Waals surface area contributed by atoms with Gasteiger partial charge in [-0.3, -0.25) is 0 Å². The molecule has 0 saturated heterocycles. The van der Waals surface area contributed by atoms with Crippen molar-refractivity contribution in [2.75, 3.05) is 0 Å². The zero-order valence-electron chi connectivity index (χ0n) is 9.33. The van der Waals surface area contributed by atoms with Gasteiger partial charge in [0, 0.05) is 0 Å². The molecule has 15 heavy (non-hydrogen) atoms. The smallest absolute Gasteiger partial charge is 0.00231 e. The lowest BCUT2D eigenvalue weighted by molar-refractivity contribution is 1.14. The molecule has 2 aromatic rings. The van der Waals surface area contributed by atoms with Gasteiger partial charge in [0.05, 0.1) is 0 Å². The van der Waals surface area contributed by atoms with E-state index in [1.807, 2.05) is 0 Å². The number of hydrogen-bond donors (Lipinski definition) is 0. The summed E-state index contributed by atoms with van der Waals surface area (Å²) in [5, 5.41) is 0. The second kappa shape index (κ2) is 4.31. The molecule has 0 atom stereocenters. The predicted octanol–water partition coefficient (Wildman–Crippen LogP) is 3.89. The molecule has 0 unspecified atom stereocenters. The lowest BCUT2D eigenvalue weighted by atomic mass is 9.99. The van der Waals surface area contributed by atoms with E-state index in [4.69, 9.17) is 0 Å². The minimum Gasteiger partial charge on any atom is -0.0622 e. The van der Waals surface area contributed by atoms with Crippen molar-refractivity contribution in [3.05, 3.63) is 70.8 Å². The van der Waals surface area contributed by atoms with Gasteiger partial charge < -0.3 is 0 Å². The molecule has 0 aromatic heterocycles. The summed E-state index contributed by atoms with van der Waals surface area (Å²) in [7, 11) is 0. The predicted molar refractivity (Wildman–Crippen MR) is 65.2 cm³/mol. The molecule has 0 bridgehead atoms. The Morgan fingerprint density at radius 2 is 1.60 bits per heavy atom. The molecule has 76 valence electrons. The quantitative estimate of drug-likeness (QED) is 0.683. The van der Waals surface area contributed by atoms with E-state index in [0.29, 0.717) is 0 Å². The molecule has 0 radical (unpaired) electrons. The lowest BCUT2D eigenvalue weighted by Gasteiger charge is -2.07. The van der Waals surface area contributed by atoms with E-state index in [1.54, 1.807) is 0 Å². The summed E-state index contributed by atoms with van der Waals surface area (Å²) in [5.41, 5.74) is 5.53. The maximum atomic E-state index is 2.28. The molecule has 0 heterocycles. The van der Waals surface area contributed by atoms with E-state index < -0.39 is 0 Å². The maximum absolute atomic E-state index is 2.28. The summed E-state index contributed by atoms with van der Waals surface area (Å²) < 4.78 is 0. The first-order chi connectivity index (χ1) is 7.25. The normalized spacial score (nSPS) is 10.3. The molecule has 0 amide bonds. The van der Waals surface area contributed by atoms with Gasteiger partial charge in [-0.25, -0.2) is 0 Å². The molecule has 0 saturated carbocycles. The van der Waals surface area contributed by atoms with Crippen LogP contribution < -0.4 is 0 Å². The zero-order chi connectivity index (χ0) is 10.7. The van der Waals surface area contributed by atoms with Crippen molar-refractivity contribution in [3.63, 3.8) is 0 Å². The highest BCUT2D eigenvalue weighted by atomic mass is 14.0. The van der Waals surface area contributed by atoms with Crippen LogP contribution in [0.5, 0.6) is 0 Å². The van der Waals surface area contributed by atoms with Gasteiger partial charge in [-0.2, -0.15) is 0 Å². The first-order valence-corrected chi connectivity index (χ1v) is 5.36. The van der Waals surface area contributed by atoms with Crippen molar-refractivity contribution < 1.29 is 0 Å². The molecule has 0 aliphatic heterocycles. The second-order valence-electron chi connectivity index (χ2n) is 4.09. The Hall–Kier alpha value is -1.56. The van der Waals surface area contributed by atoms with Gasteiger partial charge in [0.2, 0.25) is 0 Å². The van der Waals surface area contributed by atoms with Crippen molar-refractivity contribution >= 4 is 0 Å². The van der Waals surface area contributed by atoms with Crippen molar-refractivity contribution in [2.24, 2.45) is 0 Å². The van der Waals surface area contributed by atoms with Crippen molar-refractivity contribution in [1.29, 1.82) is 0 Å². The van der Waals surface area contributed by atoms with Crippen molar-refractivity contribution in [2.45, 2.75) is 20.3 Å². The highest BCUT2D eigenvalue weighted by Crippen LogP contribution is 2.15. The standard InChI is InChI=1S/C15H16/c1-12-8-9-13(2)15(10-12)11-14-6-4-3-5-7-14/h3-10H,11H2,1-2H3. The van der Waals surface area contributed by atoms with E-state index in [2.05, 4.69) is 62.4 Å². The summed E-state index contributed by atoms with van der Waals surface area (Å²) in [5.74, 6) is 0. The lowest BCUT2D eigenvalue weighted by Crippen LogP contribution is -1.92. The fourth-order valence-corrected chi connectivity index (χ4v) is 1.81. The van der Waals surface area contributed by atoms with Gasteiger partial charge in [0.1, 0.15) is 0 Å². The average Bonchev–Trinajstić information content (AvgIpc) is 2.25. The van der Waals surface area contributed by atoms with Crippen LogP contribution in [0, 0.1) is 13.8 Å². The molecule has 2 aromatic carbocycles. The van der Waals surface area contributed by atoms with Crippen LogP contribution in [0.1, 0.15) is 22.3 Å². The molecule has 0 aliphatic rings. The maximum Gasteiger partial charge on any atom is -0.00231 e. The topological polar surface area (TPSA) is 0 Å². The minimum absolute atomic E-state index is 1.04. The summed E-state index contributed by atoms with van der Waals surface area (Å²) in [4.78, 5) is 0. The van der Waals surface area contributed by atoms with E-state index in [-0.39, 0.29) is 0 Å². The highest BCUT2D eigenvalue weighted by Gasteiger charge is 1.99. The highest BCUT2D eigenvalue weighted by molar-refractivity contribution is 5.34. The van der Waals surface area contributed by atoms with E-state index in [0.717, 1.165) is 6.42 Å². The monoisotopic (exact) mass is 196 g/mol. The molecule has 2 rings (SSSR count). The fraction of sp³-hybridized carbons (Fsp3) is 0.200. The van der Waals surface area contributed by atoms with Crippen LogP contribution in [0.25, 0.3) is 0 Å². The first kappa shape index (κ1) is 9.97. The van der Waals surface area contributed by atoms with Crippen molar-refractivity contribution in [1.82, 2.24) is 0 Å². The number of hydrogen-bond acceptors (Lipinski definition) is 0. The third-order valence-corrected chi connectivity index (χ3v) is 2.74. The van der Waals surface area contributed by atoms with Crippen LogP contribution in [0.15, 0.2) is 48.5 Å². The molecular formula is C15H16. The van der Waals surface area contributed by atoms with Gasteiger partial charge in [-0.15, -0.1) is 0 Å². The minimum atomic E-state index is 1.04. The molecule has 0 nitrogen and oxygen atoms in total. The van der Waals surface area contributed by atoms with Crippen LogP contribution in [0.2, 0.25) is 0 Å². The van der Waals surface area contributed by atoms with Crippen molar-refractivity contribution in [3.8, 4) is 0 Å². The Kier molecular flexibility index (Phi) is 2.86. The van der Waals surface area contributed by atoms with E-state index in [9.17, 15) is 0 Å². The van der Waals surface area contributed by atoms with Crippen LogP contribution in [-0.2, 0) is 6.42 Å². The Bertz CT molecular complexity index is 441. The van der Waals surface area contributed by atoms with Gasteiger partial charge in [0.25, 0.3) is 0 Å². The van der Waals surface area contributed by atoms with E-state index in [1.165, 1.54) is 22.3 Å². The zero-order valence-corrected chi connectivity index (χ0v) is 9.33. The average molecular weight is 196 g/mol. The summed E-state index contributed by atoms with van der Waals surface area (Å²) in [6, 6.07) is 17.3. The number of rotatable bonds is 2. The summed E-state index contributed by atoms with van der Waals surface area (Å²) in [6.45, 7) is 4.33. The van der Waals surface area contributed by atoms with Crippen LogP contribution in [0.4, 0.5) is 0 Å². The molecule has 0 heteroatoms. The van der Waals surface area contributed by atoms with Crippen LogP contribution in [0.3, 0.4) is 0 Å². The summed E-state index contributed by atoms with van der Waals surface area (Å²) >= 11 is 0. The molecule has 0 fully saturated rings. The molecular weight excluding hydrogens is 180 g/mol. The molecule has 0 aliphatic carbocycles. The number of benzene rings is 2. The molecule has 0 spiro atoms.